The second-order valence-electron chi connectivity index (χ2n) is 29.2. The van der Waals surface area contributed by atoms with Crippen LogP contribution in [0, 0.1) is 6.92 Å². The Morgan fingerprint density at radius 1 is 0.331 bits per heavy atom. The lowest BCUT2D eigenvalue weighted by atomic mass is 9.74. The van der Waals surface area contributed by atoms with E-state index in [9.17, 15) is 10.0 Å². The van der Waals surface area contributed by atoms with E-state index in [2.05, 4.69) is 118 Å². The first kappa shape index (κ1) is 92.3. The first-order valence-electron chi connectivity index (χ1n) is 40.3. The van der Waals surface area contributed by atoms with Gasteiger partial charge in [0, 0.05) is 15.6 Å². The van der Waals surface area contributed by atoms with Crippen LogP contribution in [-0.4, -0.2) is 108 Å². The van der Waals surface area contributed by atoms with E-state index in [1.165, 1.54) is 24.7 Å². The van der Waals surface area contributed by atoms with Gasteiger partial charge in [0.05, 0.1) is 84.4 Å². The van der Waals surface area contributed by atoms with Crippen molar-refractivity contribution in [2.45, 2.75) is 6.92 Å². The summed E-state index contributed by atoms with van der Waals surface area (Å²) in [5.74, 6) is 2.28. The Hall–Kier alpha value is -14.0. The molecule has 0 aliphatic rings. The zero-order valence-corrected chi connectivity index (χ0v) is 76.9. The fourth-order valence-corrected chi connectivity index (χ4v) is 16.2. The second-order valence-corrected chi connectivity index (χ2v) is 32.7. The molecule has 23 rings (SSSR count). The van der Waals surface area contributed by atoms with Gasteiger partial charge >= 0.3 is 14.2 Å². The number of aromatic nitrogens is 12. The van der Waals surface area contributed by atoms with Gasteiger partial charge in [0.25, 0.3) is 0 Å². The fourth-order valence-electron chi connectivity index (χ4n) is 14.9. The van der Waals surface area contributed by atoms with Crippen molar-refractivity contribution in [1.29, 1.82) is 0 Å². The van der Waals surface area contributed by atoms with E-state index in [1.807, 2.05) is 207 Å². The molecule has 9 aromatic heterocycles. The molecular formula is C99H69B2BrCl7N15O9. The number of nitrogens with two attached hydrogens (primary N) is 3. The Balaban J connectivity index is 0.000000112. The Morgan fingerprint density at radius 2 is 0.677 bits per heavy atom. The maximum Gasteiger partial charge on any atom is 0.489 e. The number of fused-ring (bicyclic) bond motifs is 18. The number of nitrogen functional groups attached to an aromatic ring is 3. The normalized spacial score (nSPS) is 10.9. The molecule has 0 atom stereocenters. The summed E-state index contributed by atoms with van der Waals surface area (Å²) in [4.78, 5) is 50.5. The fraction of sp³-hybridized carbons (Fsp3) is 0.0303. The third kappa shape index (κ3) is 20.8. The van der Waals surface area contributed by atoms with Gasteiger partial charge in [0.2, 0.25) is 17.1 Å². The minimum atomic E-state index is -1.43. The van der Waals surface area contributed by atoms with Crippen molar-refractivity contribution < 1.29 is 42.8 Å². The number of methoxy groups -OCH3 is 2. The monoisotopic (exact) mass is 1960 g/mol. The van der Waals surface area contributed by atoms with Crippen LogP contribution in [0.4, 0.5) is 17.5 Å². The topological polar surface area (TPSA) is 372 Å². The predicted octanol–water partition coefficient (Wildman–Crippen LogP) is 23.6. The quantitative estimate of drug-likeness (QED) is 0.0729. The first-order valence-corrected chi connectivity index (χ1v) is 43.8. The number of furan rings is 3. The average Bonchev–Trinajstić information content (AvgIpc) is 1.68. The SMILES string of the molecule is COc1ccc2ccccc2c1-c1ncc(Cl)nc1N.COc1ccc2ccccc2c1-c1ncc(Cl)nc1N.Cc1ccc2ccccc2c1B(O)O.Clc1cccc(-c2cnc3c(n2)oc2ccc4ccccc4c23)c1.Clc1cnc2c(n1)oc1ccc3ccccc3c12.Clc1cnc2c(n1)oc1ccc3ccccc3c12.Nc1nc(Cl)cnc1Br.OB(O)c1cccc(Cl)c1. The standard InChI is InChI=1S/C20H11ClN2O.2C15H12ClN3O.2C14H7ClN2O.C11H11BO2.C6H6BClO2.C4H3BrClN3/c21-14-6-3-5-13(10-14)16-11-22-19-18-15-7-2-1-4-12(15)8-9-17(18)24-20(19)23-16;2*1-20-11-7-6-9-4-2-3-5-10(9)13(11)14-15(17)19-12(16)8-18-14;2*15-11-7-16-13-12-9-4-2-1-3-8(9)5-6-10(12)18-14(13)17-11;1-8-6-7-9-4-2-3-5-10(9)11(8)12(13)14;8-6-3-1-2-5(4-6)7(9)10;5-3-4(7)9-2(6)1-8-3/h1-11H;2*2-8H,1H3,(H2,17,19);2*1-7H;2-7,13-14H,1H3;1-4,9-10H;1H,(H2,7,9). The zero-order chi connectivity index (χ0) is 93.1. The van der Waals surface area contributed by atoms with Gasteiger partial charge in [-0.3, -0.25) is 0 Å². The summed E-state index contributed by atoms with van der Waals surface area (Å²) in [6.45, 7) is 1.88. The van der Waals surface area contributed by atoms with Crippen LogP contribution in [0.2, 0.25) is 35.8 Å². The Labute approximate surface area is 801 Å². The van der Waals surface area contributed by atoms with Crippen molar-refractivity contribution in [3.05, 3.63) is 350 Å². The number of hydrogen-bond acceptors (Lipinski definition) is 24. The molecule has 656 valence electrons. The summed E-state index contributed by atoms with van der Waals surface area (Å²) in [5, 5.41) is 54.4. The van der Waals surface area contributed by atoms with Crippen molar-refractivity contribution >= 4 is 271 Å². The molecule has 133 heavy (non-hydrogen) atoms. The van der Waals surface area contributed by atoms with Gasteiger partial charge in [-0.1, -0.05) is 299 Å². The van der Waals surface area contributed by atoms with Crippen LogP contribution in [-0.2, 0) is 0 Å². The van der Waals surface area contributed by atoms with Gasteiger partial charge in [-0.25, -0.2) is 49.8 Å². The third-order valence-corrected chi connectivity index (χ3v) is 22.8. The lowest BCUT2D eigenvalue weighted by Gasteiger charge is -2.12. The summed E-state index contributed by atoms with van der Waals surface area (Å²) in [5.41, 5.74) is 29.8. The molecule has 23 aromatic rings. The van der Waals surface area contributed by atoms with Crippen molar-refractivity contribution in [2.24, 2.45) is 0 Å². The van der Waals surface area contributed by atoms with Crippen LogP contribution in [0.5, 0.6) is 11.5 Å². The number of hydrogen-bond donors (Lipinski definition) is 7. The highest BCUT2D eigenvalue weighted by Crippen LogP contribution is 2.42. The van der Waals surface area contributed by atoms with E-state index in [0.29, 0.717) is 86.9 Å². The van der Waals surface area contributed by atoms with Gasteiger partial charge in [-0.15, -0.1) is 0 Å². The van der Waals surface area contributed by atoms with Crippen molar-refractivity contribution in [2.75, 3.05) is 31.4 Å². The maximum absolute atomic E-state index is 9.26. The highest BCUT2D eigenvalue weighted by Gasteiger charge is 2.22. The predicted molar refractivity (Wildman–Crippen MR) is 542 cm³/mol. The van der Waals surface area contributed by atoms with E-state index in [1.54, 1.807) is 51.0 Å². The number of rotatable bonds is 7. The minimum absolute atomic E-state index is 0.269. The summed E-state index contributed by atoms with van der Waals surface area (Å²) >= 11 is 43.4. The van der Waals surface area contributed by atoms with Crippen molar-refractivity contribution in [1.82, 2.24) is 59.8 Å². The third-order valence-electron chi connectivity index (χ3n) is 20.8. The van der Waals surface area contributed by atoms with E-state index >= 15 is 0 Å². The summed E-state index contributed by atoms with van der Waals surface area (Å²) in [6, 6.07) is 85.8. The number of nitrogens with zero attached hydrogens (tertiary/aromatic N) is 12. The van der Waals surface area contributed by atoms with Gasteiger partial charge in [-0.2, -0.15) is 9.97 Å². The summed E-state index contributed by atoms with van der Waals surface area (Å²) in [7, 11) is 0.403. The average molecular weight is 1960 g/mol. The molecule has 0 amide bonds. The lowest BCUT2D eigenvalue weighted by molar-refractivity contribution is 0.417. The van der Waals surface area contributed by atoms with Gasteiger partial charge < -0.3 is 60.0 Å². The number of ether oxygens (including phenoxy) is 2. The molecule has 0 aliphatic carbocycles. The highest BCUT2D eigenvalue weighted by atomic mass is 79.9. The molecule has 10 N–H and O–H groups in total. The molecule has 34 heteroatoms. The molecule has 0 spiro atoms. The molecule has 0 saturated carbocycles. The molecule has 9 heterocycles. The van der Waals surface area contributed by atoms with Crippen LogP contribution in [0.1, 0.15) is 5.56 Å². The Morgan fingerprint density at radius 3 is 1.07 bits per heavy atom. The van der Waals surface area contributed by atoms with E-state index in [0.717, 1.165) is 142 Å². The summed E-state index contributed by atoms with van der Waals surface area (Å²) in [6.07, 6.45) is 9.23. The van der Waals surface area contributed by atoms with Crippen LogP contribution in [0.3, 0.4) is 0 Å². The van der Waals surface area contributed by atoms with Crippen molar-refractivity contribution in [3.63, 3.8) is 0 Å². The number of halogens is 8. The first-order chi connectivity index (χ1) is 64.4. The number of benzene rings is 14. The van der Waals surface area contributed by atoms with Crippen molar-refractivity contribution in [3.8, 4) is 45.3 Å². The molecule has 0 bridgehead atoms. The van der Waals surface area contributed by atoms with Crippen LogP contribution in [0.25, 0.3) is 165 Å². The highest BCUT2D eigenvalue weighted by molar-refractivity contribution is 9.10. The Kier molecular flexibility index (Phi) is 28.9. The lowest BCUT2D eigenvalue weighted by Crippen LogP contribution is -2.32. The van der Waals surface area contributed by atoms with E-state index in [-0.39, 0.29) is 21.9 Å². The van der Waals surface area contributed by atoms with Crippen LogP contribution >= 0.6 is 97.1 Å². The maximum atomic E-state index is 9.26. The molecule has 0 unspecified atom stereocenters. The number of aryl methyl sites for hydroxylation is 1. The zero-order valence-electron chi connectivity index (χ0n) is 70.0. The molecule has 0 aliphatic heterocycles. The molecule has 14 aromatic carbocycles. The van der Waals surface area contributed by atoms with Gasteiger partial charge in [0.1, 0.15) is 76.2 Å². The summed E-state index contributed by atoms with van der Waals surface area (Å²) < 4.78 is 28.7. The Bertz CT molecular complexity index is 8000. The second kappa shape index (κ2) is 41.6. The molecule has 24 nitrogen and oxygen atoms in total. The van der Waals surface area contributed by atoms with Gasteiger partial charge in [0.15, 0.2) is 27.8 Å². The van der Waals surface area contributed by atoms with Crippen LogP contribution < -0.4 is 37.6 Å². The van der Waals surface area contributed by atoms with Crippen LogP contribution in [0.15, 0.2) is 322 Å². The number of anilines is 3. The molecular weight excluding hydrogens is 1890 g/mol. The van der Waals surface area contributed by atoms with E-state index < -0.39 is 14.2 Å². The van der Waals surface area contributed by atoms with E-state index in [4.69, 9.17) is 131 Å². The van der Waals surface area contributed by atoms with Gasteiger partial charge in [-0.05, 0) is 153 Å². The largest absolute Gasteiger partial charge is 0.496 e. The molecule has 0 radical (unpaired) electrons. The minimum Gasteiger partial charge on any atom is -0.496 e. The smallest absolute Gasteiger partial charge is 0.489 e. The molecule has 0 fully saturated rings. The molecule has 0 saturated heterocycles.